The first-order valence-corrected chi connectivity index (χ1v) is 11.6. The first-order chi connectivity index (χ1) is 13.8. The van der Waals surface area contributed by atoms with Crippen LogP contribution in [0.4, 0.5) is 0 Å². The Bertz CT molecular complexity index is 885. The van der Waals surface area contributed by atoms with E-state index in [4.69, 9.17) is 0 Å². The van der Waals surface area contributed by atoms with Crippen LogP contribution >= 0.6 is 23.1 Å². The van der Waals surface area contributed by atoms with Crippen molar-refractivity contribution in [3.05, 3.63) is 47.8 Å². The fourth-order valence-electron chi connectivity index (χ4n) is 3.56. The van der Waals surface area contributed by atoms with Gasteiger partial charge in [0.15, 0.2) is 11.0 Å². The van der Waals surface area contributed by atoms with E-state index in [1.807, 2.05) is 52.4 Å². The molecular formula is C21H24N4OS2. The molecule has 2 heterocycles. The van der Waals surface area contributed by atoms with E-state index in [0.29, 0.717) is 11.8 Å². The highest BCUT2D eigenvalue weighted by atomic mass is 32.2. The van der Waals surface area contributed by atoms with Gasteiger partial charge in [0.05, 0.1) is 10.6 Å². The third-order valence-electron chi connectivity index (χ3n) is 4.94. The van der Waals surface area contributed by atoms with Gasteiger partial charge in [-0.25, -0.2) is 0 Å². The van der Waals surface area contributed by atoms with Gasteiger partial charge >= 0.3 is 0 Å². The van der Waals surface area contributed by atoms with Crippen LogP contribution in [0.2, 0.25) is 0 Å². The zero-order valence-electron chi connectivity index (χ0n) is 15.7. The summed E-state index contributed by atoms with van der Waals surface area (Å²) in [6, 6.07) is 14.4. The fourth-order valence-corrected chi connectivity index (χ4v) is 5.02. The number of hydrogen-bond acceptors (Lipinski definition) is 5. The third-order valence-corrected chi connectivity index (χ3v) is 6.74. The minimum absolute atomic E-state index is 0.0807. The molecule has 146 valence electrons. The number of rotatable bonds is 6. The van der Waals surface area contributed by atoms with E-state index in [-0.39, 0.29) is 5.91 Å². The molecule has 0 atom stereocenters. The second-order valence-electron chi connectivity index (χ2n) is 7.00. The Morgan fingerprint density at radius 1 is 1.07 bits per heavy atom. The summed E-state index contributed by atoms with van der Waals surface area (Å²) < 4.78 is 2.04. The lowest BCUT2D eigenvalue weighted by atomic mass is 10.1. The summed E-state index contributed by atoms with van der Waals surface area (Å²) in [5, 5.41) is 14.8. The van der Waals surface area contributed by atoms with E-state index in [0.717, 1.165) is 34.4 Å². The molecule has 0 aliphatic heterocycles. The summed E-state index contributed by atoms with van der Waals surface area (Å²) in [7, 11) is 0. The molecule has 28 heavy (non-hydrogen) atoms. The number of carbonyl (C=O) groups excluding carboxylic acids is 1. The number of thiophene rings is 1. The fraction of sp³-hybridized carbons (Fsp3) is 0.381. The van der Waals surface area contributed by atoms with Crippen molar-refractivity contribution in [3.63, 3.8) is 0 Å². The average Bonchev–Trinajstić information content (AvgIpc) is 3.32. The molecule has 1 saturated carbocycles. The Labute approximate surface area is 173 Å². The molecule has 7 heteroatoms. The largest absolute Gasteiger partial charge is 0.353 e. The molecule has 1 aliphatic rings. The Kier molecular flexibility index (Phi) is 6.44. The van der Waals surface area contributed by atoms with Crippen molar-refractivity contribution in [2.24, 2.45) is 0 Å². The molecule has 0 unspecified atom stereocenters. The zero-order chi connectivity index (χ0) is 19.2. The molecule has 1 aliphatic carbocycles. The molecule has 0 radical (unpaired) electrons. The van der Waals surface area contributed by atoms with Crippen molar-refractivity contribution in [1.82, 2.24) is 20.1 Å². The van der Waals surface area contributed by atoms with Crippen LogP contribution in [-0.2, 0) is 4.79 Å². The normalized spacial score (nSPS) is 15.3. The second kappa shape index (κ2) is 9.39. The van der Waals surface area contributed by atoms with Gasteiger partial charge in [-0.2, -0.15) is 0 Å². The smallest absolute Gasteiger partial charge is 0.230 e. The van der Waals surface area contributed by atoms with E-state index < -0.39 is 0 Å². The maximum atomic E-state index is 12.5. The highest BCUT2D eigenvalue weighted by molar-refractivity contribution is 7.99. The highest BCUT2D eigenvalue weighted by Crippen LogP contribution is 2.30. The van der Waals surface area contributed by atoms with Crippen LogP contribution in [-0.4, -0.2) is 32.5 Å². The number of amides is 1. The Balaban J connectivity index is 1.49. The molecular weight excluding hydrogens is 388 g/mol. The van der Waals surface area contributed by atoms with E-state index in [9.17, 15) is 4.79 Å². The van der Waals surface area contributed by atoms with E-state index in [2.05, 4.69) is 15.5 Å². The topological polar surface area (TPSA) is 59.8 Å². The van der Waals surface area contributed by atoms with Gasteiger partial charge in [0.25, 0.3) is 0 Å². The van der Waals surface area contributed by atoms with Gasteiger partial charge in [0.1, 0.15) is 0 Å². The van der Waals surface area contributed by atoms with Gasteiger partial charge in [-0.1, -0.05) is 61.7 Å². The first kappa shape index (κ1) is 19.2. The molecule has 1 aromatic carbocycles. The second-order valence-corrected chi connectivity index (χ2v) is 8.89. The van der Waals surface area contributed by atoms with Crippen molar-refractivity contribution >= 4 is 29.0 Å². The first-order valence-electron chi connectivity index (χ1n) is 9.78. The lowest BCUT2D eigenvalue weighted by Crippen LogP contribution is -2.35. The van der Waals surface area contributed by atoms with Gasteiger partial charge in [-0.15, -0.1) is 21.5 Å². The van der Waals surface area contributed by atoms with E-state index in [1.165, 1.54) is 37.4 Å². The van der Waals surface area contributed by atoms with Gasteiger partial charge in [0, 0.05) is 11.7 Å². The number of hydrogen-bond donors (Lipinski definition) is 1. The number of aromatic nitrogens is 3. The average molecular weight is 413 g/mol. The van der Waals surface area contributed by atoms with Crippen molar-refractivity contribution in [1.29, 1.82) is 0 Å². The van der Waals surface area contributed by atoms with Crippen LogP contribution in [0, 0.1) is 0 Å². The summed E-state index contributed by atoms with van der Waals surface area (Å²) in [6.07, 6.45) is 7.19. The summed E-state index contributed by atoms with van der Waals surface area (Å²) in [6.45, 7) is 0. The zero-order valence-corrected chi connectivity index (χ0v) is 17.3. The van der Waals surface area contributed by atoms with Crippen LogP contribution < -0.4 is 5.32 Å². The number of nitrogens with zero attached hydrogens (tertiary/aromatic N) is 3. The van der Waals surface area contributed by atoms with E-state index in [1.54, 1.807) is 11.3 Å². The van der Waals surface area contributed by atoms with Crippen molar-refractivity contribution < 1.29 is 4.79 Å². The molecule has 1 fully saturated rings. The summed E-state index contributed by atoms with van der Waals surface area (Å²) >= 11 is 3.08. The predicted octanol–water partition coefficient (Wildman–Crippen LogP) is 4.93. The number of carbonyl (C=O) groups is 1. The van der Waals surface area contributed by atoms with Crippen molar-refractivity contribution in [3.8, 4) is 16.4 Å². The standard InChI is InChI=1S/C21H24N4OS2/c26-19(22-16-9-4-1-2-5-10-16)15-28-21-24-23-20(18-13-8-14-27-18)25(21)17-11-6-3-7-12-17/h3,6-8,11-14,16H,1-2,4-5,9-10,15H2,(H,22,26). The van der Waals surface area contributed by atoms with Crippen LogP contribution in [0.15, 0.2) is 53.0 Å². The van der Waals surface area contributed by atoms with Crippen LogP contribution in [0.3, 0.4) is 0 Å². The Morgan fingerprint density at radius 2 is 1.86 bits per heavy atom. The van der Waals surface area contributed by atoms with Gasteiger partial charge in [-0.3, -0.25) is 9.36 Å². The van der Waals surface area contributed by atoms with Crippen molar-refractivity contribution in [2.45, 2.75) is 49.7 Å². The van der Waals surface area contributed by atoms with Crippen molar-refractivity contribution in [2.75, 3.05) is 5.75 Å². The molecule has 0 saturated heterocycles. The maximum absolute atomic E-state index is 12.5. The molecule has 1 amide bonds. The minimum Gasteiger partial charge on any atom is -0.353 e. The van der Waals surface area contributed by atoms with Gasteiger partial charge in [-0.05, 0) is 36.4 Å². The molecule has 1 N–H and O–H groups in total. The maximum Gasteiger partial charge on any atom is 0.230 e. The molecule has 2 aromatic heterocycles. The van der Waals surface area contributed by atoms with Crippen LogP contribution in [0.1, 0.15) is 38.5 Å². The lowest BCUT2D eigenvalue weighted by molar-refractivity contribution is -0.119. The third kappa shape index (κ3) is 4.64. The monoisotopic (exact) mass is 412 g/mol. The summed E-state index contributed by atoms with van der Waals surface area (Å²) in [4.78, 5) is 13.6. The molecule has 4 rings (SSSR count). The quantitative estimate of drug-likeness (QED) is 0.461. The molecule has 0 bridgehead atoms. The molecule has 3 aromatic rings. The number of benzene rings is 1. The van der Waals surface area contributed by atoms with Gasteiger partial charge in [0.2, 0.25) is 5.91 Å². The minimum atomic E-state index is 0.0807. The number of thioether (sulfide) groups is 1. The van der Waals surface area contributed by atoms with E-state index >= 15 is 0 Å². The summed E-state index contributed by atoms with van der Waals surface area (Å²) in [5.41, 5.74) is 1.00. The predicted molar refractivity (Wildman–Crippen MR) is 115 cm³/mol. The SMILES string of the molecule is O=C(CSc1nnc(-c2cccs2)n1-c1ccccc1)NC1CCCCCC1. The van der Waals surface area contributed by atoms with Crippen LogP contribution in [0.5, 0.6) is 0 Å². The van der Waals surface area contributed by atoms with Gasteiger partial charge < -0.3 is 5.32 Å². The summed E-state index contributed by atoms with van der Waals surface area (Å²) in [5.74, 6) is 1.25. The molecule has 5 nitrogen and oxygen atoms in total. The Morgan fingerprint density at radius 3 is 2.57 bits per heavy atom. The number of para-hydroxylation sites is 1. The van der Waals surface area contributed by atoms with Crippen LogP contribution in [0.25, 0.3) is 16.4 Å². The lowest BCUT2D eigenvalue weighted by Gasteiger charge is -2.16. The Hall–Kier alpha value is -2.12. The highest BCUT2D eigenvalue weighted by Gasteiger charge is 2.19. The molecule has 0 spiro atoms. The number of nitrogens with one attached hydrogen (secondary N) is 1.